The number of benzene rings is 2. The SMILES string of the molecule is O=[N+]([O-])c1ccc(CNC(CO)c2ccccc2)c(Br)c1. The largest absolute Gasteiger partial charge is 0.394 e. The Balaban J connectivity index is 2.07. The molecule has 0 aliphatic heterocycles. The quantitative estimate of drug-likeness (QED) is 0.619. The topological polar surface area (TPSA) is 75.4 Å². The highest BCUT2D eigenvalue weighted by Crippen LogP contribution is 2.23. The molecule has 0 saturated heterocycles. The molecule has 0 saturated carbocycles. The zero-order valence-electron chi connectivity index (χ0n) is 11.2. The molecule has 0 aliphatic rings. The Morgan fingerprint density at radius 2 is 1.95 bits per heavy atom. The van der Waals surface area contributed by atoms with E-state index < -0.39 is 4.92 Å². The van der Waals surface area contributed by atoms with Gasteiger partial charge in [0.05, 0.1) is 17.6 Å². The number of nitrogens with zero attached hydrogens (tertiary/aromatic N) is 1. The Morgan fingerprint density at radius 3 is 2.52 bits per heavy atom. The molecule has 1 atom stereocenters. The minimum atomic E-state index is -0.428. The Hall–Kier alpha value is -1.76. The number of aliphatic hydroxyl groups is 1. The Bertz CT molecular complexity index is 620. The second kappa shape index (κ2) is 7.31. The van der Waals surface area contributed by atoms with Crippen molar-refractivity contribution in [2.75, 3.05) is 6.61 Å². The summed E-state index contributed by atoms with van der Waals surface area (Å²) in [5, 5.41) is 23.4. The lowest BCUT2D eigenvalue weighted by Gasteiger charge is -2.17. The first kappa shape index (κ1) is 15.6. The summed E-state index contributed by atoms with van der Waals surface area (Å²) < 4.78 is 0.675. The summed E-state index contributed by atoms with van der Waals surface area (Å²) in [5.74, 6) is 0. The molecule has 2 rings (SSSR count). The molecule has 0 radical (unpaired) electrons. The van der Waals surface area contributed by atoms with Gasteiger partial charge in [0.15, 0.2) is 0 Å². The number of hydrogen-bond donors (Lipinski definition) is 2. The molecule has 5 nitrogen and oxygen atoms in total. The van der Waals surface area contributed by atoms with Crippen LogP contribution in [-0.4, -0.2) is 16.6 Å². The minimum Gasteiger partial charge on any atom is -0.394 e. The van der Waals surface area contributed by atoms with Gasteiger partial charge in [0.1, 0.15) is 0 Å². The molecular weight excluding hydrogens is 336 g/mol. The molecule has 6 heteroatoms. The summed E-state index contributed by atoms with van der Waals surface area (Å²) in [5.41, 5.74) is 1.94. The molecule has 0 aromatic heterocycles. The lowest BCUT2D eigenvalue weighted by atomic mass is 10.1. The predicted molar refractivity (Wildman–Crippen MR) is 83.9 cm³/mol. The van der Waals surface area contributed by atoms with E-state index in [1.807, 2.05) is 30.3 Å². The molecule has 21 heavy (non-hydrogen) atoms. The maximum Gasteiger partial charge on any atom is 0.270 e. The van der Waals surface area contributed by atoms with Gasteiger partial charge in [-0.2, -0.15) is 0 Å². The molecule has 2 aromatic carbocycles. The molecule has 1 unspecified atom stereocenters. The fraction of sp³-hybridized carbons (Fsp3) is 0.200. The van der Waals surface area contributed by atoms with E-state index in [2.05, 4.69) is 21.2 Å². The van der Waals surface area contributed by atoms with E-state index in [0.717, 1.165) is 11.1 Å². The van der Waals surface area contributed by atoms with E-state index >= 15 is 0 Å². The first-order valence-corrected chi connectivity index (χ1v) is 7.23. The molecule has 2 N–H and O–H groups in total. The highest BCUT2D eigenvalue weighted by atomic mass is 79.9. The van der Waals surface area contributed by atoms with Crippen molar-refractivity contribution in [1.82, 2.24) is 5.32 Å². The monoisotopic (exact) mass is 350 g/mol. The summed E-state index contributed by atoms with van der Waals surface area (Å²) in [4.78, 5) is 10.3. The normalized spacial score (nSPS) is 12.1. The standard InChI is InChI=1S/C15H15BrN2O3/c16-14-8-13(18(20)21)7-6-12(14)9-17-15(10-19)11-4-2-1-3-5-11/h1-8,15,17,19H,9-10H2. The highest BCUT2D eigenvalue weighted by molar-refractivity contribution is 9.10. The molecular formula is C15H15BrN2O3. The van der Waals surface area contributed by atoms with Gasteiger partial charge in [-0.1, -0.05) is 46.3 Å². The number of nitro groups is 1. The van der Waals surface area contributed by atoms with Crippen LogP contribution < -0.4 is 5.32 Å². The van der Waals surface area contributed by atoms with Gasteiger partial charge >= 0.3 is 0 Å². The van der Waals surface area contributed by atoms with Gasteiger partial charge < -0.3 is 10.4 Å². The smallest absolute Gasteiger partial charge is 0.270 e. The summed E-state index contributed by atoms with van der Waals surface area (Å²) in [6, 6.07) is 14.1. The van der Waals surface area contributed by atoms with Crippen molar-refractivity contribution in [2.45, 2.75) is 12.6 Å². The van der Waals surface area contributed by atoms with Crippen molar-refractivity contribution in [1.29, 1.82) is 0 Å². The summed E-state index contributed by atoms with van der Waals surface area (Å²) in [6.07, 6.45) is 0. The van der Waals surface area contributed by atoms with E-state index in [-0.39, 0.29) is 18.3 Å². The van der Waals surface area contributed by atoms with Crippen LogP contribution in [0.5, 0.6) is 0 Å². The van der Waals surface area contributed by atoms with Gasteiger partial charge in [-0.3, -0.25) is 10.1 Å². The van der Waals surface area contributed by atoms with Crippen molar-refractivity contribution in [3.8, 4) is 0 Å². The molecule has 0 aliphatic carbocycles. The van der Waals surface area contributed by atoms with Gasteiger partial charge in [0.2, 0.25) is 0 Å². The number of nitro benzene ring substituents is 1. The second-order valence-electron chi connectivity index (χ2n) is 4.56. The molecule has 2 aromatic rings. The van der Waals surface area contributed by atoms with Gasteiger partial charge in [0.25, 0.3) is 5.69 Å². The number of rotatable bonds is 6. The van der Waals surface area contributed by atoms with Crippen LogP contribution in [0.3, 0.4) is 0 Å². The Morgan fingerprint density at radius 1 is 1.24 bits per heavy atom. The first-order valence-electron chi connectivity index (χ1n) is 6.44. The van der Waals surface area contributed by atoms with Crippen LogP contribution >= 0.6 is 15.9 Å². The predicted octanol–water partition coefficient (Wildman–Crippen LogP) is 3.18. The zero-order chi connectivity index (χ0) is 15.2. The fourth-order valence-electron chi connectivity index (χ4n) is 2.00. The van der Waals surface area contributed by atoms with E-state index in [1.54, 1.807) is 6.07 Å². The lowest BCUT2D eigenvalue weighted by molar-refractivity contribution is -0.384. The van der Waals surface area contributed by atoms with Crippen LogP contribution in [-0.2, 0) is 6.54 Å². The van der Waals surface area contributed by atoms with Gasteiger partial charge in [-0.25, -0.2) is 0 Å². The molecule has 110 valence electrons. The van der Waals surface area contributed by atoms with E-state index in [4.69, 9.17) is 0 Å². The number of halogens is 1. The van der Waals surface area contributed by atoms with Crippen LogP contribution in [0.1, 0.15) is 17.2 Å². The van der Waals surface area contributed by atoms with Crippen LogP contribution in [0.25, 0.3) is 0 Å². The second-order valence-corrected chi connectivity index (χ2v) is 5.41. The van der Waals surface area contributed by atoms with Crippen LogP contribution in [0.15, 0.2) is 53.0 Å². The Labute approximate surface area is 130 Å². The van der Waals surface area contributed by atoms with Crippen molar-refractivity contribution in [3.05, 3.63) is 74.2 Å². The number of hydrogen-bond acceptors (Lipinski definition) is 4. The van der Waals surface area contributed by atoms with Crippen molar-refractivity contribution in [3.63, 3.8) is 0 Å². The van der Waals surface area contributed by atoms with Crippen LogP contribution in [0, 0.1) is 10.1 Å². The van der Waals surface area contributed by atoms with Crippen molar-refractivity contribution in [2.24, 2.45) is 0 Å². The van der Waals surface area contributed by atoms with E-state index in [0.29, 0.717) is 11.0 Å². The maximum atomic E-state index is 10.7. The minimum absolute atomic E-state index is 0.0192. The third-order valence-corrected chi connectivity index (χ3v) is 3.91. The average molecular weight is 351 g/mol. The third-order valence-electron chi connectivity index (χ3n) is 3.17. The van der Waals surface area contributed by atoms with Gasteiger partial charge in [-0.15, -0.1) is 0 Å². The lowest BCUT2D eigenvalue weighted by Crippen LogP contribution is -2.24. The molecule has 0 bridgehead atoms. The Kier molecular flexibility index (Phi) is 5.44. The average Bonchev–Trinajstić information content (AvgIpc) is 2.50. The summed E-state index contributed by atoms with van der Waals surface area (Å²) in [6.45, 7) is 0.479. The number of nitrogens with one attached hydrogen (secondary N) is 1. The first-order chi connectivity index (χ1) is 10.1. The van der Waals surface area contributed by atoms with Crippen LogP contribution in [0.4, 0.5) is 5.69 Å². The van der Waals surface area contributed by atoms with Gasteiger partial charge in [0, 0.05) is 23.2 Å². The molecule has 0 fully saturated rings. The van der Waals surface area contributed by atoms with Crippen molar-refractivity contribution >= 4 is 21.6 Å². The summed E-state index contributed by atoms with van der Waals surface area (Å²) in [7, 11) is 0. The number of non-ortho nitro benzene ring substituents is 1. The zero-order valence-corrected chi connectivity index (χ0v) is 12.8. The highest BCUT2D eigenvalue weighted by Gasteiger charge is 2.12. The maximum absolute atomic E-state index is 10.7. The van der Waals surface area contributed by atoms with Gasteiger partial charge in [-0.05, 0) is 17.2 Å². The van der Waals surface area contributed by atoms with E-state index in [9.17, 15) is 15.2 Å². The molecule has 0 spiro atoms. The van der Waals surface area contributed by atoms with Crippen molar-refractivity contribution < 1.29 is 10.0 Å². The third kappa shape index (κ3) is 4.10. The fourth-order valence-corrected chi connectivity index (χ4v) is 2.51. The van der Waals surface area contributed by atoms with Crippen LogP contribution in [0.2, 0.25) is 0 Å². The molecule has 0 amide bonds. The summed E-state index contributed by atoms with van der Waals surface area (Å²) >= 11 is 3.34. The number of aliphatic hydroxyl groups excluding tert-OH is 1. The van der Waals surface area contributed by atoms with E-state index in [1.165, 1.54) is 12.1 Å². The molecule has 0 heterocycles.